The number of thiazole rings is 2. The van der Waals surface area contributed by atoms with Gasteiger partial charge in [-0.1, -0.05) is 18.3 Å². The summed E-state index contributed by atoms with van der Waals surface area (Å²) < 4.78 is 0. The highest BCUT2D eigenvalue weighted by Crippen LogP contribution is 2.28. The van der Waals surface area contributed by atoms with Gasteiger partial charge in [0.1, 0.15) is 15.7 Å². The molecule has 1 unspecified atom stereocenters. The monoisotopic (exact) mass is 311 g/mol. The van der Waals surface area contributed by atoms with E-state index in [1.807, 2.05) is 31.3 Å². The number of nitrogens with zero attached hydrogens (tertiary/aromatic N) is 3. The number of carbonyl (C=O) groups is 1. The van der Waals surface area contributed by atoms with Crippen molar-refractivity contribution in [1.82, 2.24) is 15.3 Å². The summed E-state index contributed by atoms with van der Waals surface area (Å²) >= 11 is 2.82. The first-order valence-corrected chi connectivity index (χ1v) is 7.86. The quantitative estimate of drug-likeness (QED) is 0.883. The van der Waals surface area contributed by atoms with Crippen LogP contribution >= 0.6 is 22.7 Å². The molecule has 0 fully saturated rings. The number of amides is 1. The number of nitrogen functional groups attached to an aromatic ring is 1. The second-order valence-corrected chi connectivity index (χ2v) is 6.31. The van der Waals surface area contributed by atoms with Gasteiger partial charge in [-0.15, -0.1) is 11.3 Å². The van der Waals surface area contributed by atoms with Crippen molar-refractivity contribution in [3.63, 3.8) is 0 Å². The molecule has 0 aliphatic heterocycles. The smallest absolute Gasteiger partial charge is 0.265 e. The molecule has 3 N–H and O–H groups in total. The Morgan fingerprint density at radius 1 is 1.55 bits per heavy atom. The molecule has 0 aliphatic carbocycles. The maximum Gasteiger partial charge on any atom is 0.265 e. The fraction of sp³-hybridized carbons (Fsp3) is 0.417. The lowest BCUT2D eigenvalue weighted by atomic mass is 10.2. The van der Waals surface area contributed by atoms with Crippen LogP contribution in [0, 0.1) is 0 Å². The average Bonchev–Trinajstić information content (AvgIpc) is 3.04. The summed E-state index contributed by atoms with van der Waals surface area (Å²) in [6.07, 6.45) is 2.51. The molecule has 0 radical (unpaired) electrons. The van der Waals surface area contributed by atoms with E-state index >= 15 is 0 Å². The van der Waals surface area contributed by atoms with Crippen LogP contribution in [-0.2, 0) is 0 Å². The zero-order chi connectivity index (χ0) is 14.7. The van der Waals surface area contributed by atoms with Gasteiger partial charge in [0.25, 0.3) is 5.91 Å². The highest BCUT2D eigenvalue weighted by atomic mass is 32.1. The van der Waals surface area contributed by atoms with Gasteiger partial charge in [0, 0.05) is 25.7 Å². The van der Waals surface area contributed by atoms with Crippen molar-refractivity contribution in [1.29, 1.82) is 0 Å². The van der Waals surface area contributed by atoms with Gasteiger partial charge < -0.3 is 16.0 Å². The Morgan fingerprint density at radius 2 is 2.30 bits per heavy atom. The van der Waals surface area contributed by atoms with E-state index in [1.54, 1.807) is 6.20 Å². The molecule has 6 nitrogen and oxygen atoms in total. The molecule has 0 saturated heterocycles. The molecule has 2 rings (SSSR count). The van der Waals surface area contributed by atoms with Crippen LogP contribution in [0.4, 0.5) is 10.9 Å². The standard InChI is InChI=1S/C12H17N5OS2/c1-4-7(11-14-5-6-19-11)15-10(18)8-9(13)16-12(20-8)17(2)3/h5-7H,4,13H2,1-3H3,(H,15,18). The number of hydrogen-bond donors (Lipinski definition) is 2. The highest BCUT2D eigenvalue weighted by molar-refractivity contribution is 7.18. The van der Waals surface area contributed by atoms with Crippen molar-refractivity contribution >= 4 is 39.5 Å². The minimum absolute atomic E-state index is 0.0909. The predicted molar refractivity (Wildman–Crippen MR) is 83.5 cm³/mol. The summed E-state index contributed by atoms with van der Waals surface area (Å²) in [6, 6.07) is -0.0909. The molecule has 1 amide bonds. The van der Waals surface area contributed by atoms with E-state index < -0.39 is 0 Å². The Bertz CT molecular complexity index is 579. The molecule has 0 aliphatic rings. The maximum absolute atomic E-state index is 12.3. The number of aromatic nitrogens is 2. The Balaban J connectivity index is 2.15. The molecule has 0 bridgehead atoms. The molecule has 0 aromatic carbocycles. The van der Waals surface area contributed by atoms with E-state index in [0.29, 0.717) is 4.88 Å². The summed E-state index contributed by atoms with van der Waals surface area (Å²) in [5.41, 5.74) is 5.81. The van der Waals surface area contributed by atoms with E-state index in [2.05, 4.69) is 15.3 Å². The molecule has 2 aromatic rings. The van der Waals surface area contributed by atoms with E-state index in [1.165, 1.54) is 22.7 Å². The second kappa shape index (κ2) is 6.19. The Kier molecular flexibility index (Phi) is 4.56. The molecule has 8 heteroatoms. The highest BCUT2D eigenvalue weighted by Gasteiger charge is 2.21. The van der Waals surface area contributed by atoms with Crippen LogP contribution in [0.25, 0.3) is 0 Å². The normalized spacial score (nSPS) is 12.2. The van der Waals surface area contributed by atoms with Gasteiger partial charge in [-0.25, -0.2) is 9.97 Å². The molecule has 2 heterocycles. The zero-order valence-corrected chi connectivity index (χ0v) is 13.2. The van der Waals surface area contributed by atoms with E-state index in [4.69, 9.17) is 5.73 Å². The first kappa shape index (κ1) is 14.7. The van der Waals surface area contributed by atoms with Crippen molar-refractivity contribution < 1.29 is 4.79 Å². The summed E-state index contributed by atoms with van der Waals surface area (Å²) in [5, 5.41) is 6.47. The van der Waals surface area contributed by atoms with E-state index in [9.17, 15) is 4.79 Å². The third kappa shape index (κ3) is 3.07. The lowest BCUT2D eigenvalue weighted by Crippen LogP contribution is -2.28. The fourth-order valence-corrected chi connectivity index (χ4v) is 3.23. The molecule has 20 heavy (non-hydrogen) atoms. The Hall–Kier alpha value is -1.67. The van der Waals surface area contributed by atoms with Crippen LogP contribution < -0.4 is 16.0 Å². The van der Waals surface area contributed by atoms with Gasteiger partial charge >= 0.3 is 0 Å². The molecule has 0 spiro atoms. The Morgan fingerprint density at radius 3 is 2.80 bits per heavy atom. The average molecular weight is 311 g/mol. The van der Waals surface area contributed by atoms with Crippen molar-refractivity contribution in [2.24, 2.45) is 0 Å². The maximum atomic E-state index is 12.3. The summed E-state index contributed by atoms with van der Waals surface area (Å²) in [5.74, 6) is 0.0698. The van der Waals surface area contributed by atoms with Crippen molar-refractivity contribution in [3.05, 3.63) is 21.5 Å². The van der Waals surface area contributed by atoms with Gasteiger partial charge in [-0.05, 0) is 6.42 Å². The second-order valence-electron chi connectivity index (χ2n) is 4.41. The third-order valence-electron chi connectivity index (χ3n) is 2.69. The number of hydrogen-bond acceptors (Lipinski definition) is 7. The molecular weight excluding hydrogens is 294 g/mol. The molecular formula is C12H17N5OS2. The lowest BCUT2D eigenvalue weighted by Gasteiger charge is -2.13. The molecule has 0 saturated carbocycles. The van der Waals surface area contributed by atoms with E-state index in [-0.39, 0.29) is 17.8 Å². The van der Waals surface area contributed by atoms with Gasteiger partial charge in [-0.3, -0.25) is 4.79 Å². The minimum atomic E-state index is -0.199. The van der Waals surface area contributed by atoms with Crippen LogP contribution in [0.15, 0.2) is 11.6 Å². The van der Waals surface area contributed by atoms with Gasteiger partial charge in [-0.2, -0.15) is 0 Å². The number of anilines is 2. The topological polar surface area (TPSA) is 84.1 Å². The van der Waals surface area contributed by atoms with Crippen molar-refractivity contribution in [3.8, 4) is 0 Å². The number of rotatable bonds is 5. The summed E-state index contributed by atoms with van der Waals surface area (Å²) in [7, 11) is 3.73. The van der Waals surface area contributed by atoms with Crippen molar-refractivity contribution in [2.75, 3.05) is 24.7 Å². The summed E-state index contributed by atoms with van der Waals surface area (Å²) in [4.78, 5) is 23.0. The number of nitrogens with two attached hydrogens (primary N) is 1. The summed E-state index contributed by atoms with van der Waals surface area (Å²) in [6.45, 7) is 2.01. The lowest BCUT2D eigenvalue weighted by molar-refractivity contribution is 0.0940. The van der Waals surface area contributed by atoms with Gasteiger partial charge in [0.15, 0.2) is 5.13 Å². The zero-order valence-electron chi connectivity index (χ0n) is 11.6. The minimum Gasteiger partial charge on any atom is -0.382 e. The third-order valence-corrected chi connectivity index (χ3v) is 4.82. The fourth-order valence-electron chi connectivity index (χ4n) is 1.64. The molecule has 1 atom stereocenters. The number of carbonyl (C=O) groups excluding carboxylic acids is 1. The van der Waals surface area contributed by atoms with Crippen LogP contribution in [-0.4, -0.2) is 30.0 Å². The van der Waals surface area contributed by atoms with Crippen LogP contribution in [0.3, 0.4) is 0 Å². The van der Waals surface area contributed by atoms with Crippen LogP contribution in [0.5, 0.6) is 0 Å². The largest absolute Gasteiger partial charge is 0.382 e. The van der Waals surface area contributed by atoms with Gasteiger partial charge in [0.2, 0.25) is 0 Å². The Labute approximate surface area is 125 Å². The first-order chi connectivity index (χ1) is 9.52. The number of nitrogens with one attached hydrogen (secondary N) is 1. The first-order valence-electron chi connectivity index (χ1n) is 6.16. The van der Waals surface area contributed by atoms with Crippen LogP contribution in [0.1, 0.15) is 34.1 Å². The van der Waals surface area contributed by atoms with Crippen molar-refractivity contribution in [2.45, 2.75) is 19.4 Å². The predicted octanol–water partition coefficient (Wildman–Crippen LogP) is 2.13. The van der Waals surface area contributed by atoms with Crippen LogP contribution in [0.2, 0.25) is 0 Å². The van der Waals surface area contributed by atoms with Gasteiger partial charge in [0.05, 0.1) is 6.04 Å². The SMILES string of the molecule is CCC(NC(=O)c1sc(N(C)C)nc1N)c1nccs1. The molecule has 2 aromatic heterocycles. The van der Waals surface area contributed by atoms with E-state index in [0.717, 1.165) is 16.6 Å². The molecule has 108 valence electrons.